The number of fused-ring (bicyclic) bond motifs is 1. The van der Waals surface area contributed by atoms with Crippen molar-refractivity contribution in [1.82, 2.24) is 20.0 Å². The number of nitrogens with two attached hydrogens (primary N) is 1. The van der Waals surface area contributed by atoms with Gasteiger partial charge in [-0.05, 0) is 36.8 Å². The first kappa shape index (κ1) is 17.7. The molecule has 8 nitrogen and oxygen atoms in total. The minimum absolute atomic E-state index is 0.117. The van der Waals surface area contributed by atoms with Crippen LogP contribution in [0.2, 0.25) is 0 Å². The van der Waals surface area contributed by atoms with Gasteiger partial charge >= 0.3 is 0 Å². The van der Waals surface area contributed by atoms with E-state index in [1.54, 1.807) is 18.2 Å². The third kappa shape index (κ3) is 2.98. The number of hydrogen-bond acceptors (Lipinski definition) is 7. The van der Waals surface area contributed by atoms with Gasteiger partial charge in [-0.2, -0.15) is 5.26 Å². The second kappa shape index (κ2) is 7.13. The summed E-state index contributed by atoms with van der Waals surface area (Å²) >= 11 is 0. The first-order valence-corrected chi connectivity index (χ1v) is 8.88. The Balaban J connectivity index is 1.84. The van der Waals surface area contributed by atoms with Gasteiger partial charge in [0.15, 0.2) is 0 Å². The van der Waals surface area contributed by atoms with Crippen molar-refractivity contribution in [1.29, 1.82) is 5.26 Å². The third-order valence-corrected chi connectivity index (χ3v) is 4.49. The molecule has 3 aromatic heterocycles. The fourth-order valence-electron chi connectivity index (χ4n) is 3.14. The standard InChI is InChI=1S/C20H18N6O2/c1-2-7-26-18-5-3-12(8-17(18)24-25-26)16-9-14(15(10-21)20(22)23-16)19-6-4-13(11-27)28-19/h3-6,8-9,27H,2,7,11H2,1H3,(H2,22,23). The summed E-state index contributed by atoms with van der Waals surface area (Å²) in [4.78, 5) is 4.39. The molecule has 4 rings (SSSR count). The lowest BCUT2D eigenvalue weighted by Crippen LogP contribution is -2.00. The molecule has 0 aliphatic heterocycles. The maximum atomic E-state index is 9.50. The molecule has 0 saturated carbocycles. The van der Waals surface area contributed by atoms with E-state index < -0.39 is 0 Å². The first-order chi connectivity index (χ1) is 13.6. The summed E-state index contributed by atoms with van der Waals surface area (Å²) in [6.45, 7) is 2.66. The predicted molar refractivity (Wildman–Crippen MR) is 104 cm³/mol. The van der Waals surface area contributed by atoms with Gasteiger partial charge in [0, 0.05) is 17.7 Å². The lowest BCUT2D eigenvalue weighted by Gasteiger charge is -2.08. The third-order valence-electron chi connectivity index (χ3n) is 4.49. The zero-order valence-corrected chi connectivity index (χ0v) is 15.3. The fraction of sp³-hybridized carbons (Fsp3) is 0.200. The van der Waals surface area contributed by atoms with Crippen LogP contribution in [0.25, 0.3) is 33.6 Å². The summed E-state index contributed by atoms with van der Waals surface area (Å²) in [5.74, 6) is 0.974. The van der Waals surface area contributed by atoms with Crippen molar-refractivity contribution >= 4 is 16.9 Å². The molecule has 0 bridgehead atoms. The highest BCUT2D eigenvalue weighted by Crippen LogP contribution is 2.33. The number of furan rings is 1. The van der Waals surface area contributed by atoms with E-state index in [1.165, 1.54) is 0 Å². The van der Waals surface area contributed by atoms with Gasteiger partial charge in [-0.1, -0.05) is 18.2 Å². The number of benzene rings is 1. The van der Waals surface area contributed by atoms with Crippen LogP contribution >= 0.6 is 0 Å². The molecule has 0 spiro atoms. The van der Waals surface area contributed by atoms with E-state index >= 15 is 0 Å². The Kier molecular flexibility index (Phi) is 4.51. The molecule has 0 unspecified atom stereocenters. The quantitative estimate of drug-likeness (QED) is 0.549. The summed E-state index contributed by atoms with van der Waals surface area (Å²) in [6, 6.07) is 13.0. The van der Waals surface area contributed by atoms with Gasteiger partial charge in [0.1, 0.15) is 41.1 Å². The Morgan fingerprint density at radius 1 is 1.25 bits per heavy atom. The predicted octanol–water partition coefficient (Wildman–Crippen LogP) is 3.11. The molecule has 0 saturated heterocycles. The van der Waals surface area contributed by atoms with E-state index in [9.17, 15) is 10.4 Å². The smallest absolute Gasteiger partial charge is 0.142 e. The molecule has 3 heterocycles. The number of aliphatic hydroxyl groups excluding tert-OH is 1. The molecule has 140 valence electrons. The Labute approximate surface area is 160 Å². The highest BCUT2D eigenvalue weighted by Gasteiger charge is 2.17. The van der Waals surface area contributed by atoms with Crippen LogP contribution in [0.5, 0.6) is 0 Å². The molecule has 0 atom stereocenters. The van der Waals surface area contributed by atoms with E-state index in [-0.39, 0.29) is 18.0 Å². The number of nitrogens with zero attached hydrogens (tertiary/aromatic N) is 5. The van der Waals surface area contributed by atoms with Crippen LogP contribution in [0.15, 0.2) is 40.8 Å². The minimum Gasteiger partial charge on any atom is -0.459 e. The van der Waals surface area contributed by atoms with Crippen LogP contribution in [-0.2, 0) is 13.2 Å². The van der Waals surface area contributed by atoms with E-state index in [1.807, 2.05) is 22.9 Å². The van der Waals surface area contributed by atoms with Crippen LogP contribution in [0, 0.1) is 11.3 Å². The Bertz CT molecular complexity index is 1200. The molecule has 4 aromatic rings. The number of aryl methyl sites for hydroxylation is 1. The van der Waals surface area contributed by atoms with E-state index in [0.717, 1.165) is 29.6 Å². The van der Waals surface area contributed by atoms with Gasteiger partial charge < -0.3 is 15.3 Å². The minimum atomic E-state index is -0.223. The summed E-state index contributed by atoms with van der Waals surface area (Å²) in [5.41, 5.74) is 9.92. The Morgan fingerprint density at radius 3 is 2.82 bits per heavy atom. The van der Waals surface area contributed by atoms with Crippen LogP contribution in [0.1, 0.15) is 24.7 Å². The van der Waals surface area contributed by atoms with Crippen molar-refractivity contribution in [3.8, 4) is 28.7 Å². The van der Waals surface area contributed by atoms with E-state index in [0.29, 0.717) is 22.8 Å². The maximum absolute atomic E-state index is 9.50. The number of hydrogen-bond donors (Lipinski definition) is 2. The molecule has 0 radical (unpaired) electrons. The topological polar surface area (TPSA) is 127 Å². The number of anilines is 1. The van der Waals surface area contributed by atoms with Gasteiger partial charge in [0.05, 0.1) is 11.2 Å². The fourth-order valence-corrected chi connectivity index (χ4v) is 3.14. The van der Waals surface area contributed by atoms with Gasteiger partial charge in [0.25, 0.3) is 0 Å². The molecule has 0 amide bonds. The van der Waals surface area contributed by atoms with Crippen LogP contribution < -0.4 is 5.73 Å². The number of aromatic nitrogens is 4. The van der Waals surface area contributed by atoms with Crippen molar-refractivity contribution in [3.63, 3.8) is 0 Å². The largest absolute Gasteiger partial charge is 0.459 e. The average molecular weight is 374 g/mol. The van der Waals surface area contributed by atoms with Crippen molar-refractivity contribution in [2.45, 2.75) is 26.5 Å². The summed E-state index contributed by atoms with van der Waals surface area (Å²) in [6.07, 6.45) is 0.969. The molecule has 0 aliphatic carbocycles. The van der Waals surface area contributed by atoms with Crippen molar-refractivity contribution < 1.29 is 9.52 Å². The normalized spacial score (nSPS) is 11.0. The molecule has 0 aliphatic rings. The van der Waals surface area contributed by atoms with Gasteiger partial charge in [0.2, 0.25) is 0 Å². The van der Waals surface area contributed by atoms with E-state index in [4.69, 9.17) is 10.2 Å². The molecule has 1 aromatic carbocycles. The zero-order valence-electron chi connectivity index (χ0n) is 15.3. The second-order valence-electron chi connectivity index (χ2n) is 6.37. The number of rotatable bonds is 5. The van der Waals surface area contributed by atoms with Crippen molar-refractivity contribution in [3.05, 3.63) is 47.7 Å². The molecular weight excluding hydrogens is 356 g/mol. The van der Waals surface area contributed by atoms with E-state index in [2.05, 4.69) is 28.3 Å². The van der Waals surface area contributed by atoms with Crippen LogP contribution in [-0.4, -0.2) is 25.1 Å². The average Bonchev–Trinajstić information content (AvgIpc) is 3.34. The van der Waals surface area contributed by atoms with Crippen LogP contribution in [0.3, 0.4) is 0 Å². The Morgan fingerprint density at radius 2 is 2.11 bits per heavy atom. The van der Waals surface area contributed by atoms with Gasteiger partial charge in [-0.15, -0.1) is 5.10 Å². The molecule has 28 heavy (non-hydrogen) atoms. The molecule has 8 heteroatoms. The number of aliphatic hydroxyl groups is 1. The second-order valence-corrected chi connectivity index (χ2v) is 6.37. The SMILES string of the molecule is CCCn1nnc2cc(-c3cc(-c4ccc(CO)o4)c(C#N)c(N)n3)ccc21. The maximum Gasteiger partial charge on any atom is 0.142 e. The zero-order chi connectivity index (χ0) is 19.7. The lowest BCUT2D eigenvalue weighted by atomic mass is 10.0. The first-order valence-electron chi connectivity index (χ1n) is 8.88. The lowest BCUT2D eigenvalue weighted by molar-refractivity contribution is 0.248. The summed E-state index contributed by atoms with van der Waals surface area (Å²) in [5, 5.41) is 27.2. The molecular formula is C20H18N6O2. The monoisotopic (exact) mass is 374 g/mol. The number of nitriles is 1. The highest BCUT2D eigenvalue weighted by atomic mass is 16.4. The summed E-state index contributed by atoms with van der Waals surface area (Å²) < 4.78 is 7.46. The molecule has 3 N–H and O–H groups in total. The number of nitrogen functional groups attached to an aromatic ring is 1. The van der Waals surface area contributed by atoms with Gasteiger partial charge in [-0.25, -0.2) is 9.67 Å². The van der Waals surface area contributed by atoms with Crippen molar-refractivity contribution in [2.75, 3.05) is 5.73 Å². The Hall–Kier alpha value is -3.70. The van der Waals surface area contributed by atoms with Crippen LogP contribution in [0.4, 0.5) is 5.82 Å². The summed E-state index contributed by atoms with van der Waals surface area (Å²) in [7, 11) is 0. The van der Waals surface area contributed by atoms with Gasteiger partial charge in [-0.3, -0.25) is 0 Å². The van der Waals surface area contributed by atoms with Crippen molar-refractivity contribution in [2.24, 2.45) is 0 Å². The molecule has 0 fully saturated rings. The highest BCUT2D eigenvalue weighted by molar-refractivity contribution is 5.83. The number of pyridine rings is 1.